The lowest BCUT2D eigenvalue weighted by atomic mass is 9.69. The van der Waals surface area contributed by atoms with Gasteiger partial charge < -0.3 is 9.47 Å². The molecule has 0 aliphatic heterocycles. The van der Waals surface area contributed by atoms with E-state index in [-0.39, 0.29) is 17.6 Å². The van der Waals surface area contributed by atoms with Crippen molar-refractivity contribution in [2.24, 2.45) is 11.8 Å². The van der Waals surface area contributed by atoms with E-state index in [0.717, 1.165) is 56.4 Å². The highest BCUT2D eigenvalue weighted by molar-refractivity contribution is 5.90. The lowest BCUT2D eigenvalue weighted by Gasteiger charge is -2.37. The SMILES string of the molecule is CCCCCOC(=O)c1ccc(C2CCC(C3CCC(OC(=O)c4ccc(C)cc4F)CC3)CC2)cc1. The second-order valence-electron chi connectivity index (χ2n) is 11.0. The van der Waals surface area contributed by atoms with Gasteiger partial charge in [0, 0.05) is 0 Å². The number of ether oxygens (including phenoxy) is 2. The highest BCUT2D eigenvalue weighted by Crippen LogP contribution is 2.43. The number of esters is 2. The molecule has 2 fully saturated rings. The molecule has 2 aliphatic rings. The molecule has 4 nitrogen and oxygen atoms in total. The van der Waals surface area contributed by atoms with E-state index in [1.54, 1.807) is 13.0 Å². The first-order chi connectivity index (χ1) is 17.9. The maximum absolute atomic E-state index is 14.1. The van der Waals surface area contributed by atoms with Crippen LogP contribution in [0.4, 0.5) is 4.39 Å². The average Bonchev–Trinajstić information content (AvgIpc) is 2.91. The van der Waals surface area contributed by atoms with E-state index in [1.807, 2.05) is 12.1 Å². The summed E-state index contributed by atoms with van der Waals surface area (Å²) in [6.45, 7) is 4.43. The Balaban J connectivity index is 1.19. The number of aryl methyl sites for hydroxylation is 1. The van der Waals surface area contributed by atoms with Crippen molar-refractivity contribution in [2.45, 2.75) is 96.5 Å². The zero-order chi connectivity index (χ0) is 26.2. The summed E-state index contributed by atoms with van der Waals surface area (Å²) in [6, 6.07) is 12.7. The van der Waals surface area contributed by atoms with E-state index < -0.39 is 11.8 Å². The molecule has 0 spiro atoms. The van der Waals surface area contributed by atoms with E-state index in [0.29, 0.717) is 24.0 Å². The molecule has 2 aliphatic carbocycles. The van der Waals surface area contributed by atoms with Crippen molar-refractivity contribution in [2.75, 3.05) is 6.61 Å². The summed E-state index contributed by atoms with van der Waals surface area (Å²) in [6.07, 6.45) is 11.6. The summed E-state index contributed by atoms with van der Waals surface area (Å²) >= 11 is 0. The normalized spacial score (nSPS) is 23.9. The smallest absolute Gasteiger partial charge is 0.341 e. The molecule has 0 aromatic heterocycles. The van der Waals surface area contributed by atoms with Crippen LogP contribution in [0, 0.1) is 24.6 Å². The summed E-state index contributed by atoms with van der Waals surface area (Å²) < 4.78 is 25.1. The molecule has 4 rings (SSSR count). The second-order valence-corrected chi connectivity index (χ2v) is 11.0. The van der Waals surface area contributed by atoms with Gasteiger partial charge in [0.2, 0.25) is 0 Å². The zero-order valence-corrected chi connectivity index (χ0v) is 22.3. The molecule has 0 unspecified atom stereocenters. The number of hydrogen-bond donors (Lipinski definition) is 0. The number of unbranched alkanes of at least 4 members (excludes halogenated alkanes) is 2. The molecule has 0 radical (unpaired) electrons. The quantitative estimate of drug-likeness (QED) is 0.253. The Morgan fingerprint density at radius 2 is 1.49 bits per heavy atom. The van der Waals surface area contributed by atoms with Gasteiger partial charge in [0.25, 0.3) is 0 Å². The Morgan fingerprint density at radius 1 is 0.838 bits per heavy atom. The molecular formula is C32H41FO4. The first kappa shape index (κ1) is 27.3. The number of benzene rings is 2. The minimum atomic E-state index is -0.544. The van der Waals surface area contributed by atoms with E-state index in [9.17, 15) is 14.0 Å². The van der Waals surface area contributed by atoms with Crippen LogP contribution in [0.5, 0.6) is 0 Å². The van der Waals surface area contributed by atoms with Gasteiger partial charge >= 0.3 is 11.9 Å². The molecule has 2 saturated carbocycles. The Morgan fingerprint density at radius 3 is 2.11 bits per heavy atom. The number of halogens is 1. The number of carbonyl (C=O) groups is 2. The van der Waals surface area contributed by atoms with Crippen molar-refractivity contribution in [3.8, 4) is 0 Å². The predicted octanol–water partition coefficient (Wildman–Crippen LogP) is 8.17. The van der Waals surface area contributed by atoms with Crippen molar-refractivity contribution in [1.82, 2.24) is 0 Å². The summed E-state index contributed by atoms with van der Waals surface area (Å²) in [5, 5.41) is 0. The lowest BCUT2D eigenvalue weighted by Crippen LogP contribution is -2.29. The Kier molecular flexibility index (Phi) is 9.76. The summed E-state index contributed by atoms with van der Waals surface area (Å²) in [5.41, 5.74) is 2.78. The minimum absolute atomic E-state index is 0.0305. The summed E-state index contributed by atoms with van der Waals surface area (Å²) in [7, 11) is 0. The average molecular weight is 509 g/mol. The number of rotatable bonds is 9. The third-order valence-electron chi connectivity index (χ3n) is 8.37. The highest BCUT2D eigenvalue weighted by Gasteiger charge is 2.32. The molecule has 0 amide bonds. The monoisotopic (exact) mass is 508 g/mol. The Labute approximate surface area is 220 Å². The van der Waals surface area contributed by atoms with Crippen molar-refractivity contribution >= 4 is 11.9 Å². The van der Waals surface area contributed by atoms with Gasteiger partial charge in [0.15, 0.2) is 0 Å². The number of carbonyl (C=O) groups excluding carboxylic acids is 2. The molecule has 0 saturated heterocycles. The largest absolute Gasteiger partial charge is 0.462 e. The van der Waals surface area contributed by atoms with Crippen LogP contribution < -0.4 is 0 Å². The van der Waals surface area contributed by atoms with Gasteiger partial charge in [-0.1, -0.05) is 38.0 Å². The second kappa shape index (κ2) is 13.2. The topological polar surface area (TPSA) is 52.6 Å². The highest BCUT2D eigenvalue weighted by atomic mass is 19.1. The van der Waals surface area contributed by atoms with Crippen molar-refractivity contribution in [3.05, 3.63) is 70.5 Å². The standard InChI is InChI=1S/C32H41FO4/c1-3-4-5-20-36-31(34)27-13-11-25(12-14-27)23-7-9-24(10-8-23)26-15-17-28(18-16-26)37-32(35)29-19-6-22(2)21-30(29)33/h6,11-14,19,21,23-24,26,28H,3-5,7-10,15-18,20H2,1-2H3. The molecule has 0 atom stereocenters. The van der Waals surface area contributed by atoms with Gasteiger partial charge in [0.1, 0.15) is 11.9 Å². The molecule has 37 heavy (non-hydrogen) atoms. The molecular weight excluding hydrogens is 467 g/mol. The van der Waals surface area contributed by atoms with Gasteiger partial charge in [-0.05, 0) is 118 Å². The third-order valence-corrected chi connectivity index (χ3v) is 8.37. The van der Waals surface area contributed by atoms with Crippen LogP contribution in [0.3, 0.4) is 0 Å². The summed E-state index contributed by atoms with van der Waals surface area (Å²) in [4.78, 5) is 24.7. The predicted molar refractivity (Wildman–Crippen MR) is 143 cm³/mol. The maximum Gasteiger partial charge on any atom is 0.341 e. The van der Waals surface area contributed by atoms with E-state index in [4.69, 9.17) is 9.47 Å². The van der Waals surface area contributed by atoms with Gasteiger partial charge in [-0.15, -0.1) is 0 Å². The molecule has 0 N–H and O–H groups in total. The molecule has 5 heteroatoms. The first-order valence-corrected chi connectivity index (χ1v) is 14.2. The van der Waals surface area contributed by atoms with Gasteiger partial charge in [-0.2, -0.15) is 0 Å². The van der Waals surface area contributed by atoms with Crippen LogP contribution in [0.25, 0.3) is 0 Å². The van der Waals surface area contributed by atoms with Crippen LogP contribution in [0.1, 0.15) is 115 Å². The summed E-state index contributed by atoms with van der Waals surface area (Å²) in [5.74, 6) is 0.672. The fourth-order valence-corrected chi connectivity index (χ4v) is 6.09. The minimum Gasteiger partial charge on any atom is -0.462 e. The fourth-order valence-electron chi connectivity index (χ4n) is 6.09. The van der Waals surface area contributed by atoms with Gasteiger partial charge in [-0.25, -0.2) is 14.0 Å². The van der Waals surface area contributed by atoms with Gasteiger partial charge in [0.05, 0.1) is 17.7 Å². The maximum atomic E-state index is 14.1. The Bertz CT molecular complexity index is 1030. The lowest BCUT2D eigenvalue weighted by molar-refractivity contribution is 0.0110. The van der Waals surface area contributed by atoms with Crippen molar-refractivity contribution < 1.29 is 23.5 Å². The Hall–Kier alpha value is -2.69. The molecule has 2 aromatic rings. The molecule has 0 heterocycles. The van der Waals surface area contributed by atoms with Crippen LogP contribution >= 0.6 is 0 Å². The van der Waals surface area contributed by atoms with Crippen LogP contribution in [0.15, 0.2) is 42.5 Å². The number of hydrogen-bond acceptors (Lipinski definition) is 4. The first-order valence-electron chi connectivity index (χ1n) is 14.2. The fraction of sp³-hybridized carbons (Fsp3) is 0.562. The van der Waals surface area contributed by atoms with Crippen LogP contribution in [0.2, 0.25) is 0 Å². The van der Waals surface area contributed by atoms with Crippen molar-refractivity contribution in [3.63, 3.8) is 0 Å². The molecule has 2 aromatic carbocycles. The van der Waals surface area contributed by atoms with Crippen LogP contribution in [-0.4, -0.2) is 24.6 Å². The molecule has 0 bridgehead atoms. The van der Waals surface area contributed by atoms with E-state index in [1.165, 1.54) is 43.4 Å². The molecule has 200 valence electrons. The van der Waals surface area contributed by atoms with Gasteiger partial charge in [-0.3, -0.25) is 0 Å². The van der Waals surface area contributed by atoms with E-state index >= 15 is 0 Å². The van der Waals surface area contributed by atoms with Crippen LogP contribution in [-0.2, 0) is 9.47 Å². The zero-order valence-electron chi connectivity index (χ0n) is 22.3. The third kappa shape index (κ3) is 7.43. The van der Waals surface area contributed by atoms with Crippen molar-refractivity contribution in [1.29, 1.82) is 0 Å². The van der Waals surface area contributed by atoms with E-state index in [2.05, 4.69) is 19.1 Å².